The summed E-state index contributed by atoms with van der Waals surface area (Å²) in [5.74, 6) is 1.59. The van der Waals surface area contributed by atoms with E-state index in [9.17, 15) is 9.59 Å². The molecule has 1 aliphatic heterocycles. The molecule has 27 heavy (non-hydrogen) atoms. The maximum Gasteiger partial charge on any atom is 0.347 e. The van der Waals surface area contributed by atoms with E-state index in [4.69, 9.17) is 9.47 Å². The van der Waals surface area contributed by atoms with Gasteiger partial charge in [-0.2, -0.15) is 5.10 Å². The average Bonchev–Trinajstić information content (AvgIpc) is 2.71. The van der Waals surface area contributed by atoms with Crippen molar-refractivity contribution < 1.29 is 9.47 Å². The van der Waals surface area contributed by atoms with E-state index in [0.29, 0.717) is 12.6 Å². The molecule has 1 aliphatic carbocycles. The molecule has 144 valence electrons. The van der Waals surface area contributed by atoms with Gasteiger partial charge in [-0.1, -0.05) is 12.1 Å². The molecule has 0 radical (unpaired) electrons. The largest absolute Gasteiger partial charge is 0.486 e. The van der Waals surface area contributed by atoms with Crippen LogP contribution in [0.25, 0.3) is 0 Å². The molecule has 1 aromatic heterocycles. The van der Waals surface area contributed by atoms with Gasteiger partial charge in [0.15, 0.2) is 11.5 Å². The molecule has 0 amide bonds. The van der Waals surface area contributed by atoms with Crippen molar-refractivity contribution in [3.63, 3.8) is 0 Å². The zero-order valence-electron chi connectivity index (χ0n) is 15.3. The number of rotatable bonds is 4. The number of para-hydroxylation sites is 2. The van der Waals surface area contributed by atoms with Crippen molar-refractivity contribution in [1.82, 2.24) is 19.7 Å². The summed E-state index contributed by atoms with van der Waals surface area (Å²) >= 11 is 0. The molecule has 1 atom stereocenters. The van der Waals surface area contributed by atoms with Crippen LogP contribution in [0.1, 0.15) is 31.7 Å². The van der Waals surface area contributed by atoms with Crippen LogP contribution in [-0.2, 0) is 7.05 Å². The molecule has 0 bridgehead atoms. The summed E-state index contributed by atoms with van der Waals surface area (Å²) in [5, 5.41) is 7.60. The summed E-state index contributed by atoms with van der Waals surface area (Å²) in [5.41, 5.74) is -0.715. The molecule has 1 unspecified atom stereocenters. The summed E-state index contributed by atoms with van der Waals surface area (Å²) in [6.07, 6.45) is 4.81. The van der Waals surface area contributed by atoms with Crippen molar-refractivity contribution in [2.45, 2.75) is 43.9 Å². The Balaban J connectivity index is 1.29. The molecule has 1 fully saturated rings. The number of nitrogens with one attached hydrogen (secondary N) is 1. The average molecular weight is 372 g/mol. The van der Waals surface area contributed by atoms with E-state index >= 15 is 0 Å². The van der Waals surface area contributed by atoms with Crippen molar-refractivity contribution in [3.05, 3.63) is 51.3 Å². The maximum atomic E-state index is 12.2. The Morgan fingerprint density at radius 3 is 2.67 bits per heavy atom. The normalized spacial score (nSPS) is 24.6. The van der Waals surface area contributed by atoms with Crippen LogP contribution in [0.5, 0.6) is 11.5 Å². The van der Waals surface area contributed by atoms with Gasteiger partial charge in [-0.15, -0.1) is 0 Å². The van der Waals surface area contributed by atoms with Gasteiger partial charge in [-0.3, -0.25) is 9.36 Å². The third kappa shape index (κ3) is 3.75. The molecule has 2 aliphatic rings. The molecule has 8 nitrogen and oxygen atoms in total. The zero-order valence-corrected chi connectivity index (χ0v) is 15.3. The molecule has 2 heterocycles. The molecule has 1 aromatic carbocycles. The molecular weight excluding hydrogens is 348 g/mol. The standard InChI is InChI=1S/C19H24N4O4/c1-22-18(24)11-21-23(19(22)25)14-8-6-13(7-9-14)20-10-15-12-26-16-4-2-3-5-17(16)27-15/h2-5,11,13-15,20H,6-10,12H2,1H3/t13-,14-,15?. The van der Waals surface area contributed by atoms with Gasteiger partial charge in [0, 0.05) is 19.6 Å². The first kappa shape index (κ1) is 17.8. The van der Waals surface area contributed by atoms with E-state index in [2.05, 4.69) is 10.4 Å². The van der Waals surface area contributed by atoms with Crippen molar-refractivity contribution in [2.24, 2.45) is 7.05 Å². The smallest absolute Gasteiger partial charge is 0.347 e. The van der Waals surface area contributed by atoms with Crippen molar-refractivity contribution >= 4 is 0 Å². The third-order valence-electron chi connectivity index (χ3n) is 5.35. The predicted molar refractivity (Wildman–Crippen MR) is 99.4 cm³/mol. The summed E-state index contributed by atoms with van der Waals surface area (Å²) in [6, 6.07) is 8.13. The molecule has 1 saturated carbocycles. The number of fused-ring (bicyclic) bond motifs is 1. The maximum absolute atomic E-state index is 12.2. The van der Waals surface area contributed by atoms with Crippen LogP contribution in [0.3, 0.4) is 0 Å². The Labute approximate surface area is 156 Å². The molecule has 0 spiro atoms. The van der Waals surface area contributed by atoms with Crippen LogP contribution in [0, 0.1) is 0 Å². The molecule has 2 aromatic rings. The van der Waals surface area contributed by atoms with Gasteiger partial charge in [-0.25, -0.2) is 9.48 Å². The highest BCUT2D eigenvalue weighted by molar-refractivity contribution is 5.40. The fourth-order valence-corrected chi connectivity index (χ4v) is 3.73. The van der Waals surface area contributed by atoms with Crippen LogP contribution >= 0.6 is 0 Å². The lowest BCUT2D eigenvalue weighted by Gasteiger charge is -2.32. The topological polar surface area (TPSA) is 87.4 Å². The lowest BCUT2D eigenvalue weighted by atomic mass is 9.91. The summed E-state index contributed by atoms with van der Waals surface area (Å²) in [6.45, 7) is 1.26. The highest BCUT2D eigenvalue weighted by Crippen LogP contribution is 2.31. The van der Waals surface area contributed by atoms with Crippen LogP contribution < -0.4 is 26.0 Å². The van der Waals surface area contributed by atoms with Crippen LogP contribution in [-0.4, -0.2) is 39.6 Å². The van der Waals surface area contributed by atoms with E-state index in [-0.39, 0.29) is 23.4 Å². The van der Waals surface area contributed by atoms with Gasteiger partial charge in [0.2, 0.25) is 0 Å². The third-order valence-corrected chi connectivity index (χ3v) is 5.35. The minimum Gasteiger partial charge on any atom is -0.486 e. The Morgan fingerprint density at radius 2 is 1.89 bits per heavy atom. The molecule has 1 N–H and O–H groups in total. The minimum absolute atomic E-state index is 0.00874. The number of hydrogen-bond donors (Lipinski definition) is 1. The van der Waals surface area contributed by atoms with E-state index in [1.165, 1.54) is 17.9 Å². The first-order valence-electron chi connectivity index (χ1n) is 9.38. The van der Waals surface area contributed by atoms with Gasteiger partial charge in [-0.05, 0) is 37.8 Å². The van der Waals surface area contributed by atoms with Gasteiger partial charge in [0.05, 0.1) is 6.04 Å². The number of benzene rings is 1. The second-order valence-corrected chi connectivity index (χ2v) is 7.18. The lowest BCUT2D eigenvalue weighted by molar-refractivity contribution is 0.0859. The zero-order chi connectivity index (χ0) is 18.8. The number of hydrogen-bond acceptors (Lipinski definition) is 6. The Hall–Kier alpha value is -2.61. The molecular formula is C19H24N4O4. The van der Waals surface area contributed by atoms with Crippen molar-refractivity contribution in [1.29, 1.82) is 0 Å². The van der Waals surface area contributed by atoms with Crippen molar-refractivity contribution in [2.75, 3.05) is 13.2 Å². The van der Waals surface area contributed by atoms with Gasteiger partial charge < -0.3 is 14.8 Å². The first-order valence-corrected chi connectivity index (χ1v) is 9.38. The summed E-state index contributed by atoms with van der Waals surface area (Å²) in [7, 11) is 1.49. The Bertz CT molecular complexity index is 914. The fraction of sp³-hybridized carbons (Fsp3) is 0.526. The Morgan fingerprint density at radius 1 is 1.15 bits per heavy atom. The predicted octanol–water partition coefficient (Wildman–Crippen LogP) is 0.855. The fourth-order valence-electron chi connectivity index (χ4n) is 3.73. The highest BCUT2D eigenvalue weighted by atomic mass is 16.6. The van der Waals surface area contributed by atoms with Crippen molar-refractivity contribution in [3.8, 4) is 11.5 Å². The number of nitrogens with zero attached hydrogens (tertiary/aromatic N) is 3. The SMILES string of the molecule is Cn1c(=O)cnn([C@H]2CC[C@H](NCC3COc4ccccc4O3)CC2)c1=O. The highest BCUT2D eigenvalue weighted by Gasteiger charge is 2.26. The van der Waals surface area contributed by atoms with Crippen LogP contribution in [0.4, 0.5) is 0 Å². The second kappa shape index (κ2) is 7.56. The number of ether oxygens (including phenoxy) is 2. The Kier molecular flexibility index (Phi) is 4.98. The number of aromatic nitrogens is 3. The quantitative estimate of drug-likeness (QED) is 0.856. The van der Waals surface area contributed by atoms with Crippen LogP contribution in [0.2, 0.25) is 0 Å². The minimum atomic E-state index is -0.372. The van der Waals surface area contributed by atoms with Gasteiger partial charge in [0.1, 0.15) is 18.9 Å². The molecule has 8 heteroatoms. The first-order chi connectivity index (χ1) is 13.1. The summed E-state index contributed by atoms with van der Waals surface area (Å²) in [4.78, 5) is 23.7. The lowest BCUT2D eigenvalue weighted by Crippen LogP contribution is -2.45. The second-order valence-electron chi connectivity index (χ2n) is 7.18. The monoisotopic (exact) mass is 372 g/mol. The molecule has 4 rings (SSSR count). The van der Waals surface area contributed by atoms with E-state index < -0.39 is 0 Å². The molecule has 0 saturated heterocycles. The van der Waals surface area contributed by atoms with E-state index in [1.807, 2.05) is 24.3 Å². The van der Waals surface area contributed by atoms with Crippen LogP contribution in [0.15, 0.2) is 40.1 Å². The van der Waals surface area contributed by atoms with Gasteiger partial charge >= 0.3 is 5.69 Å². The van der Waals surface area contributed by atoms with Gasteiger partial charge in [0.25, 0.3) is 5.56 Å². The summed E-state index contributed by atoms with van der Waals surface area (Å²) < 4.78 is 14.3. The van der Waals surface area contributed by atoms with E-state index in [1.54, 1.807) is 0 Å². The van der Waals surface area contributed by atoms with E-state index in [0.717, 1.165) is 48.3 Å².